The summed E-state index contributed by atoms with van der Waals surface area (Å²) >= 11 is 1.41. The number of carbonyl (C=O) groups is 1. The van der Waals surface area contributed by atoms with E-state index in [1.807, 2.05) is 50.8 Å². The second kappa shape index (κ2) is 9.84. The molecule has 3 aromatic heterocycles. The van der Waals surface area contributed by atoms with E-state index >= 15 is 0 Å². The summed E-state index contributed by atoms with van der Waals surface area (Å²) in [6.07, 6.45) is 10.6. The van der Waals surface area contributed by atoms with E-state index in [0.717, 1.165) is 40.5 Å². The molecule has 0 unspecified atom stereocenters. The first-order valence-electron chi connectivity index (χ1n) is 11.3. The number of allylic oxidation sites excluding steroid dienone is 2. The summed E-state index contributed by atoms with van der Waals surface area (Å²) in [6.45, 7) is 10.9. The van der Waals surface area contributed by atoms with Gasteiger partial charge in [-0.1, -0.05) is 12.7 Å². The number of nitrogens with zero attached hydrogens (tertiary/aromatic N) is 5. The molecule has 1 saturated heterocycles. The molecule has 1 aliphatic heterocycles. The zero-order valence-corrected chi connectivity index (χ0v) is 20.9. The minimum absolute atomic E-state index is 0.242. The number of likely N-dealkylation sites (tertiary alicyclic amines) is 1. The van der Waals surface area contributed by atoms with Crippen LogP contribution in [0.15, 0.2) is 43.5 Å². The van der Waals surface area contributed by atoms with Gasteiger partial charge in [0.25, 0.3) is 0 Å². The van der Waals surface area contributed by atoms with Gasteiger partial charge in [-0.15, -0.1) is 0 Å². The molecule has 0 spiro atoms. The first kappa shape index (κ1) is 23.7. The largest absolute Gasteiger partial charge is 0.444 e. The maximum absolute atomic E-state index is 12.3. The lowest BCUT2D eigenvalue weighted by molar-refractivity contribution is 0.0204. The van der Waals surface area contributed by atoms with E-state index in [9.17, 15) is 4.79 Å². The van der Waals surface area contributed by atoms with Crippen molar-refractivity contribution < 1.29 is 9.53 Å². The third-order valence-corrected chi connectivity index (χ3v) is 6.30. The van der Waals surface area contributed by atoms with E-state index in [4.69, 9.17) is 4.74 Å². The Balaban J connectivity index is 1.44. The topological polar surface area (TPSA) is 96.7 Å². The van der Waals surface area contributed by atoms with Crippen LogP contribution in [0.5, 0.6) is 0 Å². The Kier molecular flexibility index (Phi) is 6.87. The number of piperidine rings is 1. The molecule has 4 rings (SSSR count). The third kappa shape index (κ3) is 5.22. The fourth-order valence-electron chi connectivity index (χ4n) is 3.96. The predicted octanol–water partition coefficient (Wildman–Crippen LogP) is 4.79. The smallest absolute Gasteiger partial charge is 0.410 e. The number of nitrogens with one attached hydrogen (secondary N) is 2. The number of rotatable bonds is 6. The van der Waals surface area contributed by atoms with Crippen molar-refractivity contribution in [3.8, 4) is 0 Å². The normalized spacial score (nSPS) is 15.4. The molecule has 1 fully saturated rings. The van der Waals surface area contributed by atoms with E-state index in [0.29, 0.717) is 24.8 Å². The molecule has 1 amide bonds. The number of anilines is 2. The number of ether oxygens (including phenoxy) is 1. The summed E-state index contributed by atoms with van der Waals surface area (Å²) in [7, 11) is 1.85. The summed E-state index contributed by atoms with van der Waals surface area (Å²) in [4.78, 5) is 23.2. The molecule has 2 N–H and O–H groups in total. The lowest BCUT2D eigenvalue weighted by Crippen LogP contribution is -2.41. The van der Waals surface area contributed by atoms with Gasteiger partial charge in [-0.05, 0) is 51.2 Å². The Hall–Kier alpha value is -3.40. The lowest BCUT2D eigenvalue weighted by Gasteiger charge is -2.32. The Morgan fingerprint density at radius 3 is 2.74 bits per heavy atom. The van der Waals surface area contributed by atoms with E-state index in [1.54, 1.807) is 17.2 Å². The van der Waals surface area contributed by atoms with E-state index in [2.05, 4.69) is 37.6 Å². The quantitative estimate of drug-likeness (QED) is 0.489. The van der Waals surface area contributed by atoms with Crippen molar-refractivity contribution in [2.75, 3.05) is 25.5 Å². The van der Waals surface area contributed by atoms with Crippen molar-refractivity contribution in [3.63, 3.8) is 0 Å². The van der Waals surface area contributed by atoms with Gasteiger partial charge in [0, 0.05) is 50.2 Å². The predicted molar refractivity (Wildman–Crippen MR) is 135 cm³/mol. The molecule has 9 nitrogen and oxygen atoms in total. The number of hydrogen-bond acceptors (Lipinski definition) is 8. The van der Waals surface area contributed by atoms with Crippen molar-refractivity contribution in [3.05, 3.63) is 54.9 Å². The van der Waals surface area contributed by atoms with Gasteiger partial charge >= 0.3 is 6.09 Å². The summed E-state index contributed by atoms with van der Waals surface area (Å²) in [5.74, 6) is 0.977. The maximum atomic E-state index is 12.3. The van der Waals surface area contributed by atoms with Crippen LogP contribution in [-0.4, -0.2) is 55.5 Å². The molecular weight excluding hydrogens is 450 g/mol. The van der Waals surface area contributed by atoms with Gasteiger partial charge < -0.3 is 20.3 Å². The van der Waals surface area contributed by atoms with Gasteiger partial charge in [0.05, 0.1) is 17.6 Å². The SMILES string of the molecule is C=C/C(=C\NC)c1cnc2c(Nc3cc(C4CCN(C(=O)OC(C)(C)C)CC4)ns3)nccn12. The molecule has 0 atom stereocenters. The highest BCUT2D eigenvalue weighted by Crippen LogP contribution is 2.33. The van der Waals surface area contributed by atoms with Gasteiger partial charge in [-0.25, -0.2) is 14.8 Å². The Labute approximate surface area is 203 Å². The molecule has 180 valence electrons. The van der Waals surface area contributed by atoms with Gasteiger partial charge in [0.2, 0.25) is 0 Å². The number of amides is 1. The minimum atomic E-state index is -0.480. The summed E-state index contributed by atoms with van der Waals surface area (Å²) in [6, 6.07) is 2.07. The van der Waals surface area contributed by atoms with Crippen molar-refractivity contribution >= 4 is 39.7 Å². The van der Waals surface area contributed by atoms with Crippen LogP contribution in [0.1, 0.15) is 50.9 Å². The van der Waals surface area contributed by atoms with E-state index in [1.165, 1.54) is 11.5 Å². The number of carbonyl (C=O) groups excluding carboxylic acids is 1. The van der Waals surface area contributed by atoms with Gasteiger partial charge in [0.1, 0.15) is 10.6 Å². The highest BCUT2D eigenvalue weighted by molar-refractivity contribution is 7.10. The van der Waals surface area contributed by atoms with Crippen molar-refractivity contribution in [1.82, 2.24) is 29.0 Å². The molecule has 0 saturated carbocycles. The van der Waals surface area contributed by atoms with Gasteiger partial charge in [-0.2, -0.15) is 4.37 Å². The molecule has 10 heteroatoms. The van der Waals surface area contributed by atoms with E-state index in [-0.39, 0.29) is 6.09 Å². The summed E-state index contributed by atoms with van der Waals surface area (Å²) in [5, 5.41) is 7.32. The van der Waals surface area contributed by atoms with Crippen LogP contribution in [0, 0.1) is 0 Å². The monoisotopic (exact) mass is 481 g/mol. The molecule has 0 radical (unpaired) electrons. The first-order valence-corrected chi connectivity index (χ1v) is 12.1. The first-order chi connectivity index (χ1) is 16.3. The second-order valence-corrected chi connectivity index (χ2v) is 9.99. The fraction of sp³-hybridized carbons (Fsp3) is 0.417. The van der Waals surface area contributed by atoms with Gasteiger partial charge in [0.15, 0.2) is 11.5 Å². The summed E-state index contributed by atoms with van der Waals surface area (Å²) < 4.78 is 12.2. The lowest BCUT2D eigenvalue weighted by atomic mass is 9.94. The molecule has 1 aliphatic rings. The molecule has 4 heterocycles. The number of aromatic nitrogens is 4. The maximum Gasteiger partial charge on any atom is 0.410 e. The summed E-state index contributed by atoms with van der Waals surface area (Å²) in [5.41, 5.74) is 3.14. The van der Waals surface area contributed by atoms with Crippen LogP contribution in [-0.2, 0) is 4.74 Å². The molecule has 0 bridgehead atoms. The van der Waals surface area contributed by atoms with Crippen molar-refractivity contribution in [1.29, 1.82) is 0 Å². The number of fused-ring (bicyclic) bond motifs is 1. The fourth-order valence-corrected chi connectivity index (χ4v) is 4.68. The second-order valence-electron chi connectivity index (χ2n) is 9.19. The Bertz CT molecular complexity index is 1200. The highest BCUT2D eigenvalue weighted by atomic mass is 32.1. The average Bonchev–Trinajstić information content (AvgIpc) is 3.44. The zero-order valence-electron chi connectivity index (χ0n) is 20.0. The number of imidazole rings is 1. The van der Waals surface area contributed by atoms with Crippen LogP contribution in [0.4, 0.5) is 15.6 Å². The Morgan fingerprint density at radius 2 is 2.06 bits per heavy atom. The molecule has 0 aromatic carbocycles. The van der Waals surface area contributed by atoms with Crippen molar-refractivity contribution in [2.24, 2.45) is 0 Å². The standard InChI is InChI=1S/C24H31N7O2S/c1-6-16(14-25-5)19-15-27-22-21(26-9-12-31(19)22)28-20-13-18(29-34-20)17-7-10-30(11-8-17)23(32)33-24(2,3)4/h6,9,12-15,17,25H,1,7-8,10-11H2,2-5H3,(H,26,28)/b16-14+. The molecule has 34 heavy (non-hydrogen) atoms. The average molecular weight is 482 g/mol. The molecule has 0 aliphatic carbocycles. The van der Waals surface area contributed by atoms with Crippen LogP contribution in [0.3, 0.4) is 0 Å². The van der Waals surface area contributed by atoms with Crippen LogP contribution in [0.2, 0.25) is 0 Å². The van der Waals surface area contributed by atoms with Crippen LogP contribution >= 0.6 is 11.5 Å². The zero-order chi connectivity index (χ0) is 24.3. The van der Waals surface area contributed by atoms with Gasteiger partial charge in [-0.3, -0.25) is 4.40 Å². The highest BCUT2D eigenvalue weighted by Gasteiger charge is 2.28. The Morgan fingerprint density at radius 1 is 1.29 bits per heavy atom. The van der Waals surface area contributed by atoms with E-state index < -0.39 is 5.60 Å². The van der Waals surface area contributed by atoms with Crippen LogP contribution < -0.4 is 10.6 Å². The van der Waals surface area contributed by atoms with Crippen LogP contribution in [0.25, 0.3) is 11.2 Å². The molecule has 3 aromatic rings. The third-order valence-electron chi connectivity index (χ3n) is 5.58. The minimum Gasteiger partial charge on any atom is -0.444 e. The van der Waals surface area contributed by atoms with Crippen molar-refractivity contribution in [2.45, 2.75) is 45.1 Å². The number of hydrogen-bond donors (Lipinski definition) is 2. The molecular formula is C24H31N7O2S.